The summed E-state index contributed by atoms with van der Waals surface area (Å²) in [5, 5.41) is 0. The number of hydrogen-bond donors (Lipinski definition) is 0. The van der Waals surface area contributed by atoms with Crippen molar-refractivity contribution in [1.29, 1.82) is 0 Å². The van der Waals surface area contributed by atoms with Crippen LogP contribution < -0.4 is 0 Å². The molecule has 0 N–H and O–H groups in total. The molecule has 3 aromatic rings. The Morgan fingerprint density at radius 3 is 1.68 bits per heavy atom. The van der Waals surface area contributed by atoms with E-state index in [0.29, 0.717) is 23.7 Å². The first-order chi connectivity index (χ1) is 13.4. The molecule has 3 unspecified atom stereocenters. The third kappa shape index (κ3) is 5.34. The zero-order valence-electron chi connectivity index (χ0n) is 17.8. The summed E-state index contributed by atoms with van der Waals surface area (Å²) in [6.07, 6.45) is 8.70. The van der Waals surface area contributed by atoms with Gasteiger partial charge in [0.05, 0.1) is 28.1 Å². The molecule has 0 saturated heterocycles. The van der Waals surface area contributed by atoms with Crippen LogP contribution in [0.3, 0.4) is 0 Å². The molecule has 0 radical (unpaired) electrons. The highest BCUT2D eigenvalue weighted by atomic mass is 14.8. The molecule has 0 aliphatic rings. The Hall–Kier alpha value is -2.36. The number of fused-ring (bicyclic) bond motifs is 1. The topological polar surface area (TPSA) is 51.6 Å². The van der Waals surface area contributed by atoms with Crippen LogP contribution in [0.25, 0.3) is 11.0 Å². The predicted octanol–water partition coefficient (Wildman–Crippen LogP) is 5.31. The maximum atomic E-state index is 4.77. The molecule has 0 saturated carbocycles. The van der Waals surface area contributed by atoms with Crippen LogP contribution in [-0.4, -0.2) is 19.9 Å². The quantitative estimate of drug-likeness (QED) is 0.534. The molecule has 0 fully saturated rings. The fourth-order valence-corrected chi connectivity index (χ4v) is 3.31. The van der Waals surface area contributed by atoms with Gasteiger partial charge >= 0.3 is 0 Å². The second-order valence-corrected chi connectivity index (χ2v) is 8.64. The van der Waals surface area contributed by atoms with Crippen LogP contribution in [0, 0.1) is 23.7 Å². The van der Waals surface area contributed by atoms with E-state index >= 15 is 0 Å². The van der Waals surface area contributed by atoms with E-state index in [1.54, 1.807) is 0 Å². The van der Waals surface area contributed by atoms with Crippen molar-refractivity contribution in [2.24, 2.45) is 23.7 Å². The van der Waals surface area contributed by atoms with Crippen LogP contribution in [0.1, 0.15) is 51.7 Å². The number of para-hydroxylation sites is 2. The van der Waals surface area contributed by atoms with Crippen LogP contribution in [-0.2, 0) is 19.3 Å². The van der Waals surface area contributed by atoms with Crippen molar-refractivity contribution in [1.82, 2.24) is 19.9 Å². The van der Waals surface area contributed by atoms with E-state index in [1.807, 2.05) is 42.9 Å². The first kappa shape index (κ1) is 20.4. The van der Waals surface area contributed by atoms with Crippen molar-refractivity contribution in [3.63, 3.8) is 0 Å². The average molecular weight is 377 g/mol. The average Bonchev–Trinajstić information content (AvgIpc) is 2.69. The van der Waals surface area contributed by atoms with Gasteiger partial charge < -0.3 is 0 Å². The predicted molar refractivity (Wildman–Crippen MR) is 115 cm³/mol. The molecular weight excluding hydrogens is 344 g/mol. The largest absolute Gasteiger partial charge is 0.258 e. The molecule has 0 aliphatic heterocycles. The van der Waals surface area contributed by atoms with Crippen LogP contribution >= 0.6 is 0 Å². The Bertz CT molecular complexity index is 889. The van der Waals surface area contributed by atoms with Crippen LogP contribution in [0.2, 0.25) is 0 Å². The highest BCUT2D eigenvalue weighted by molar-refractivity contribution is 5.73. The van der Waals surface area contributed by atoms with E-state index in [1.165, 1.54) is 0 Å². The number of rotatable bonds is 8. The zero-order valence-corrected chi connectivity index (χ0v) is 17.8. The summed E-state index contributed by atoms with van der Waals surface area (Å²) in [6.45, 7) is 11.4. The molecule has 1 aromatic carbocycles. The monoisotopic (exact) mass is 376 g/mol. The normalized spacial score (nSPS) is 14.9. The molecule has 4 heteroatoms. The van der Waals surface area contributed by atoms with E-state index in [-0.39, 0.29) is 0 Å². The number of hydrogen-bond acceptors (Lipinski definition) is 4. The SMILES string of the molecule is CC(C)C(C)Cc1cnc(CC(C)C(C)Cc2cnc3ccccc3n2)cn1. The van der Waals surface area contributed by atoms with Gasteiger partial charge in [0.15, 0.2) is 0 Å². The maximum absolute atomic E-state index is 4.77. The van der Waals surface area contributed by atoms with Crippen LogP contribution in [0.4, 0.5) is 0 Å². The maximum Gasteiger partial charge on any atom is 0.0890 e. The Kier molecular flexibility index (Phi) is 6.71. The molecule has 148 valence electrons. The van der Waals surface area contributed by atoms with Gasteiger partial charge in [0.25, 0.3) is 0 Å². The molecule has 0 bridgehead atoms. The van der Waals surface area contributed by atoms with E-state index in [0.717, 1.165) is 47.4 Å². The fraction of sp³-hybridized carbons (Fsp3) is 0.500. The van der Waals surface area contributed by atoms with Gasteiger partial charge in [-0.25, -0.2) is 4.98 Å². The summed E-state index contributed by atoms with van der Waals surface area (Å²) in [5.41, 5.74) is 5.15. The van der Waals surface area contributed by atoms with Crippen LogP contribution in [0.5, 0.6) is 0 Å². The van der Waals surface area contributed by atoms with E-state index in [4.69, 9.17) is 4.98 Å². The molecule has 3 rings (SSSR count). The van der Waals surface area contributed by atoms with Crippen molar-refractivity contribution < 1.29 is 0 Å². The van der Waals surface area contributed by atoms with Gasteiger partial charge in [-0.1, -0.05) is 46.8 Å². The van der Waals surface area contributed by atoms with E-state index < -0.39 is 0 Å². The first-order valence-electron chi connectivity index (χ1n) is 10.4. The Morgan fingerprint density at radius 1 is 0.607 bits per heavy atom. The smallest absolute Gasteiger partial charge is 0.0890 e. The molecular formula is C24H32N4. The summed E-state index contributed by atoms with van der Waals surface area (Å²) in [4.78, 5) is 18.6. The Labute approximate surface area is 168 Å². The van der Waals surface area contributed by atoms with Gasteiger partial charge in [-0.05, 0) is 55.1 Å². The third-order valence-electron chi connectivity index (χ3n) is 5.96. The second-order valence-electron chi connectivity index (χ2n) is 8.64. The number of aromatic nitrogens is 4. The molecule has 4 nitrogen and oxygen atoms in total. The van der Waals surface area contributed by atoms with Crippen molar-refractivity contribution in [3.05, 3.63) is 59.9 Å². The zero-order chi connectivity index (χ0) is 20.1. The highest BCUT2D eigenvalue weighted by Crippen LogP contribution is 2.21. The second kappa shape index (κ2) is 9.22. The van der Waals surface area contributed by atoms with Crippen LogP contribution in [0.15, 0.2) is 42.9 Å². The molecule has 3 atom stereocenters. The molecule has 2 aromatic heterocycles. The third-order valence-corrected chi connectivity index (χ3v) is 5.96. The summed E-state index contributed by atoms with van der Waals surface area (Å²) in [6, 6.07) is 8.04. The Balaban J connectivity index is 1.57. The van der Waals surface area contributed by atoms with Gasteiger partial charge in [0.1, 0.15) is 0 Å². The summed E-state index contributed by atoms with van der Waals surface area (Å²) in [5.74, 6) is 2.30. The van der Waals surface area contributed by atoms with Gasteiger partial charge in [0, 0.05) is 18.6 Å². The van der Waals surface area contributed by atoms with E-state index in [2.05, 4.69) is 49.6 Å². The molecule has 2 heterocycles. The minimum atomic E-state index is 0.498. The highest BCUT2D eigenvalue weighted by Gasteiger charge is 2.16. The molecule has 0 aliphatic carbocycles. The lowest BCUT2D eigenvalue weighted by molar-refractivity contribution is 0.377. The minimum Gasteiger partial charge on any atom is -0.258 e. The van der Waals surface area contributed by atoms with Crippen molar-refractivity contribution >= 4 is 11.0 Å². The van der Waals surface area contributed by atoms with Gasteiger partial charge in [-0.2, -0.15) is 0 Å². The lowest BCUT2D eigenvalue weighted by Crippen LogP contribution is -2.16. The summed E-state index contributed by atoms with van der Waals surface area (Å²) in [7, 11) is 0. The molecule has 0 spiro atoms. The van der Waals surface area contributed by atoms with Gasteiger partial charge in [-0.15, -0.1) is 0 Å². The van der Waals surface area contributed by atoms with Gasteiger partial charge in [-0.3, -0.25) is 15.0 Å². The standard InChI is InChI=1S/C24H32N4/c1-16(2)17(3)10-20-13-26-21(14-25-20)11-18(4)19(5)12-22-15-27-23-8-6-7-9-24(23)28-22/h6-9,13-19H,10-12H2,1-5H3. The number of benzene rings is 1. The van der Waals surface area contributed by atoms with Gasteiger partial charge in [0.2, 0.25) is 0 Å². The molecule has 28 heavy (non-hydrogen) atoms. The first-order valence-corrected chi connectivity index (χ1v) is 10.4. The summed E-state index contributed by atoms with van der Waals surface area (Å²) >= 11 is 0. The van der Waals surface area contributed by atoms with E-state index in [9.17, 15) is 0 Å². The lowest BCUT2D eigenvalue weighted by Gasteiger charge is -2.19. The summed E-state index contributed by atoms with van der Waals surface area (Å²) < 4.78 is 0. The van der Waals surface area contributed by atoms with Crippen molar-refractivity contribution in [2.75, 3.05) is 0 Å². The number of nitrogens with zero attached hydrogens (tertiary/aromatic N) is 4. The minimum absolute atomic E-state index is 0.498. The lowest BCUT2D eigenvalue weighted by atomic mass is 9.88. The fourth-order valence-electron chi connectivity index (χ4n) is 3.31. The van der Waals surface area contributed by atoms with Crippen molar-refractivity contribution in [3.8, 4) is 0 Å². The van der Waals surface area contributed by atoms with Crippen molar-refractivity contribution in [2.45, 2.75) is 53.9 Å². The molecule has 0 amide bonds. The Morgan fingerprint density at radius 2 is 1.11 bits per heavy atom.